The Hall–Kier alpha value is -2.50. The van der Waals surface area contributed by atoms with Crippen molar-refractivity contribution in [2.24, 2.45) is 0 Å². The molecule has 0 radical (unpaired) electrons. The highest BCUT2D eigenvalue weighted by Gasteiger charge is 2.41. The van der Waals surface area contributed by atoms with E-state index in [-0.39, 0.29) is 29.0 Å². The van der Waals surface area contributed by atoms with Crippen molar-refractivity contribution in [1.82, 2.24) is 9.78 Å². The molecule has 1 aromatic carbocycles. The fourth-order valence-corrected chi connectivity index (χ4v) is 3.52. The van der Waals surface area contributed by atoms with Crippen LogP contribution in [0.15, 0.2) is 24.3 Å². The van der Waals surface area contributed by atoms with Gasteiger partial charge in [0.15, 0.2) is 5.69 Å². The molecule has 6 nitrogen and oxygen atoms in total. The van der Waals surface area contributed by atoms with E-state index >= 15 is 0 Å². The molecule has 6 heteroatoms. The third-order valence-corrected chi connectivity index (χ3v) is 4.59. The summed E-state index contributed by atoms with van der Waals surface area (Å²) >= 11 is 0. The number of aromatic nitrogens is 3. The van der Waals surface area contributed by atoms with Crippen LogP contribution >= 0.6 is 0 Å². The third-order valence-electron chi connectivity index (χ3n) is 4.59. The minimum atomic E-state index is -0.343. The Labute approximate surface area is 126 Å². The van der Waals surface area contributed by atoms with Crippen LogP contribution < -0.4 is 4.96 Å². The quantitative estimate of drug-likeness (QED) is 0.507. The van der Waals surface area contributed by atoms with Crippen LogP contribution in [0.5, 0.6) is 0 Å². The van der Waals surface area contributed by atoms with Crippen LogP contribution in [0, 0.1) is 5.21 Å². The average Bonchev–Trinajstić information content (AvgIpc) is 2.91. The molecule has 2 aliphatic rings. The van der Waals surface area contributed by atoms with Gasteiger partial charge in [0.1, 0.15) is 0 Å². The normalized spacial score (nSPS) is 18.2. The number of fused-ring (bicyclic) bond motifs is 2. The van der Waals surface area contributed by atoms with Gasteiger partial charge in [-0.3, -0.25) is 9.59 Å². The van der Waals surface area contributed by atoms with Crippen molar-refractivity contribution in [1.29, 1.82) is 0 Å². The predicted octanol–water partition coefficient (Wildman–Crippen LogP) is 1.80. The van der Waals surface area contributed by atoms with E-state index in [9.17, 15) is 14.8 Å². The fraction of sp³-hybridized carbons (Fsp3) is 0.375. The molecule has 0 saturated heterocycles. The standard InChI is InChI=1S/C16H15N3O3/c20-15-11-8-4-5-9-12(11)16(21)14-13(15)17-19(22)18(14)10-6-2-1-3-7-10/h4-5,8-10H,1-3,6-7H2. The molecule has 0 unspecified atom stereocenters. The van der Waals surface area contributed by atoms with Gasteiger partial charge in [0.2, 0.25) is 17.3 Å². The summed E-state index contributed by atoms with van der Waals surface area (Å²) in [6.45, 7) is 0. The Morgan fingerprint density at radius 1 is 1.05 bits per heavy atom. The number of hydrogen-bond acceptors (Lipinski definition) is 4. The van der Waals surface area contributed by atoms with Gasteiger partial charge in [-0.05, 0) is 12.8 Å². The summed E-state index contributed by atoms with van der Waals surface area (Å²) in [6, 6.07) is 6.61. The van der Waals surface area contributed by atoms with Crippen molar-refractivity contribution in [3.8, 4) is 0 Å². The molecular weight excluding hydrogens is 282 g/mol. The Bertz CT molecular complexity index is 788. The molecule has 2 aliphatic carbocycles. The lowest BCUT2D eigenvalue weighted by Gasteiger charge is -2.22. The van der Waals surface area contributed by atoms with Gasteiger partial charge in [-0.25, -0.2) is 0 Å². The van der Waals surface area contributed by atoms with Crippen LogP contribution in [-0.2, 0) is 0 Å². The first-order valence-corrected chi connectivity index (χ1v) is 7.59. The van der Waals surface area contributed by atoms with Crippen LogP contribution in [0.4, 0.5) is 0 Å². The lowest BCUT2D eigenvalue weighted by Crippen LogP contribution is -2.44. The van der Waals surface area contributed by atoms with Gasteiger partial charge in [0, 0.05) is 21.2 Å². The summed E-state index contributed by atoms with van der Waals surface area (Å²) in [5, 5.41) is 16.0. The highest BCUT2D eigenvalue weighted by atomic mass is 16.5. The Morgan fingerprint density at radius 3 is 2.36 bits per heavy atom. The Balaban J connectivity index is 1.90. The molecule has 1 saturated carbocycles. The van der Waals surface area contributed by atoms with Crippen molar-refractivity contribution in [2.45, 2.75) is 38.1 Å². The van der Waals surface area contributed by atoms with Gasteiger partial charge in [-0.2, -0.15) is 0 Å². The summed E-state index contributed by atoms with van der Waals surface area (Å²) in [4.78, 5) is 25.7. The molecule has 1 aromatic heterocycles. The summed E-state index contributed by atoms with van der Waals surface area (Å²) < 4.78 is 1.39. The largest absolute Gasteiger partial charge is 0.571 e. The summed E-state index contributed by atoms with van der Waals surface area (Å²) in [5.74, 6) is -0.623. The van der Waals surface area contributed by atoms with Gasteiger partial charge in [-0.1, -0.05) is 43.5 Å². The summed E-state index contributed by atoms with van der Waals surface area (Å²) in [7, 11) is 0. The van der Waals surface area contributed by atoms with E-state index in [2.05, 4.69) is 5.10 Å². The first-order valence-electron chi connectivity index (χ1n) is 7.59. The van der Waals surface area contributed by atoms with Gasteiger partial charge in [-0.15, -0.1) is 4.68 Å². The molecule has 0 aliphatic heterocycles. The molecule has 0 atom stereocenters. The first-order chi connectivity index (χ1) is 10.7. The molecule has 0 bridgehead atoms. The third kappa shape index (κ3) is 1.73. The lowest BCUT2D eigenvalue weighted by molar-refractivity contribution is -0.752. The van der Waals surface area contributed by atoms with E-state index < -0.39 is 0 Å². The van der Waals surface area contributed by atoms with Crippen molar-refractivity contribution in [3.05, 3.63) is 52.0 Å². The second-order valence-electron chi connectivity index (χ2n) is 5.89. The van der Waals surface area contributed by atoms with Gasteiger partial charge in [0.25, 0.3) is 0 Å². The molecule has 1 fully saturated rings. The summed E-state index contributed by atoms with van der Waals surface area (Å²) in [5.41, 5.74) is 0.835. The molecule has 0 spiro atoms. The minimum absolute atomic E-state index is 0.00993. The number of benzene rings is 1. The van der Waals surface area contributed by atoms with E-state index in [4.69, 9.17) is 0 Å². The van der Waals surface area contributed by atoms with Crippen molar-refractivity contribution >= 4 is 11.6 Å². The molecular formula is C16H15N3O3. The van der Waals surface area contributed by atoms with E-state index in [0.29, 0.717) is 16.1 Å². The molecule has 1 heterocycles. The van der Waals surface area contributed by atoms with Crippen LogP contribution in [0.2, 0.25) is 0 Å². The number of hydrogen-bond donors (Lipinski definition) is 0. The second kappa shape index (κ2) is 4.76. The molecule has 2 aromatic rings. The predicted molar refractivity (Wildman–Crippen MR) is 76.6 cm³/mol. The van der Waals surface area contributed by atoms with Crippen LogP contribution in [0.1, 0.15) is 70.2 Å². The fourth-order valence-electron chi connectivity index (χ4n) is 3.52. The molecule has 22 heavy (non-hydrogen) atoms. The van der Waals surface area contributed by atoms with Crippen LogP contribution in [0.25, 0.3) is 0 Å². The maximum Gasteiger partial charge on any atom is 0.220 e. The zero-order valence-electron chi connectivity index (χ0n) is 12.0. The summed E-state index contributed by atoms with van der Waals surface area (Å²) in [6.07, 6.45) is 4.87. The average molecular weight is 297 g/mol. The minimum Gasteiger partial charge on any atom is -0.571 e. The topological polar surface area (TPSA) is 78.9 Å². The van der Waals surface area contributed by atoms with Crippen LogP contribution in [-0.4, -0.2) is 21.3 Å². The van der Waals surface area contributed by atoms with Crippen molar-refractivity contribution in [3.63, 3.8) is 0 Å². The number of carbonyl (C=O) groups is 2. The smallest absolute Gasteiger partial charge is 0.220 e. The highest BCUT2D eigenvalue weighted by molar-refractivity contribution is 6.26. The van der Waals surface area contributed by atoms with Gasteiger partial charge < -0.3 is 5.21 Å². The molecule has 4 rings (SSSR count). The Kier molecular flexibility index (Phi) is 2.85. The van der Waals surface area contributed by atoms with Gasteiger partial charge in [0.05, 0.1) is 6.04 Å². The second-order valence-corrected chi connectivity index (χ2v) is 5.89. The lowest BCUT2D eigenvalue weighted by atomic mass is 9.89. The SMILES string of the molecule is O=C1c2ccccc2C(=O)c2c1n[n+]([O-])n2C1CCCCC1. The van der Waals surface area contributed by atoms with E-state index in [1.807, 2.05) is 0 Å². The number of carbonyl (C=O) groups excluding carboxylic acids is 2. The number of ketones is 2. The molecule has 0 N–H and O–H groups in total. The van der Waals surface area contributed by atoms with Crippen molar-refractivity contribution < 1.29 is 14.5 Å². The maximum atomic E-state index is 12.8. The number of rotatable bonds is 1. The van der Waals surface area contributed by atoms with Crippen LogP contribution in [0.3, 0.4) is 0 Å². The zero-order valence-corrected chi connectivity index (χ0v) is 12.0. The monoisotopic (exact) mass is 297 g/mol. The molecule has 0 amide bonds. The maximum absolute atomic E-state index is 12.8. The number of nitrogens with zero attached hydrogens (tertiary/aromatic N) is 3. The van der Waals surface area contributed by atoms with E-state index in [0.717, 1.165) is 32.1 Å². The Morgan fingerprint density at radius 2 is 1.68 bits per heavy atom. The highest BCUT2D eigenvalue weighted by Crippen LogP contribution is 2.32. The van der Waals surface area contributed by atoms with Crippen molar-refractivity contribution in [2.75, 3.05) is 0 Å². The van der Waals surface area contributed by atoms with Gasteiger partial charge >= 0.3 is 0 Å². The molecule has 112 valence electrons. The van der Waals surface area contributed by atoms with E-state index in [1.54, 1.807) is 24.3 Å². The first kappa shape index (κ1) is 13.2. The van der Waals surface area contributed by atoms with E-state index in [1.165, 1.54) is 4.68 Å². The zero-order chi connectivity index (χ0) is 15.3.